The number of aliphatic hydroxyl groups excluding tert-OH is 1. The molecular formula is C20H28N2O4. The van der Waals surface area contributed by atoms with Crippen LogP contribution in [-0.2, 0) is 4.74 Å². The maximum Gasteiger partial charge on any atom is 0.231 e. The van der Waals surface area contributed by atoms with Crippen LogP contribution in [0.3, 0.4) is 0 Å². The summed E-state index contributed by atoms with van der Waals surface area (Å²) in [7, 11) is 0. The highest BCUT2D eigenvalue weighted by Crippen LogP contribution is 2.47. The summed E-state index contributed by atoms with van der Waals surface area (Å²) < 4.78 is 16.7. The molecule has 5 aliphatic heterocycles. The number of aliphatic hydroxyl groups is 1. The predicted molar refractivity (Wildman–Crippen MR) is 96.7 cm³/mol. The largest absolute Gasteiger partial charge is 0.454 e. The van der Waals surface area contributed by atoms with Crippen molar-refractivity contribution in [1.82, 2.24) is 9.80 Å². The fourth-order valence-corrected chi connectivity index (χ4v) is 5.58. The van der Waals surface area contributed by atoms with Gasteiger partial charge in [-0.1, -0.05) is 6.07 Å². The molecule has 1 aromatic rings. The molecule has 6 nitrogen and oxygen atoms in total. The highest BCUT2D eigenvalue weighted by atomic mass is 16.7. The molecule has 4 fully saturated rings. The van der Waals surface area contributed by atoms with E-state index in [1.54, 1.807) is 0 Å². The van der Waals surface area contributed by atoms with Crippen LogP contribution in [0.25, 0.3) is 0 Å². The molecule has 6 heteroatoms. The summed E-state index contributed by atoms with van der Waals surface area (Å²) in [5.41, 5.74) is 1.37. The standard InChI is InChI=1S/C20H28N2O4/c23-8-10-24-9-7-22-12-16(15-1-2-17-18(11-15)26-13-25-17)20-19(22)14-3-5-21(20)6-4-14/h1-2,11,14,16,19-20,23H,3-10,12-13H2/t16-,19-,20-/m1/s1. The van der Waals surface area contributed by atoms with Crippen LogP contribution in [0, 0.1) is 5.92 Å². The minimum Gasteiger partial charge on any atom is -0.454 e. The molecule has 2 bridgehead atoms. The van der Waals surface area contributed by atoms with E-state index < -0.39 is 0 Å². The third-order valence-electron chi connectivity index (χ3n) is 6.68. The number of rotatable bonds is 6. The van der Waals surface area contributed by atoms with Crippen LogP contribution in [0.2, 0.25) is 0 Å². The highest BCUT2D eigenvalue weighted by molar-refractivity contribution is 5.46. The maximum atomic E-state index is 8.93. The lowest BCUT2D eigenvalue weighted by molar-refractivity contribution is -0.0153. The molecule has 3 atom stereocenters. The van der Waals surface area contributed by atoms with Crippen molar-refractivity contribution in [2.75, 3.05) is 52.8 Å². The van der Waals surface area contributed by atoms with Crippen molar-refractivity contribution in [1.29, 1.82) is 0 Å². The first-order valence-corrected chi connectivity index (χ1v) is 9.91. The van der Waals surface area contributed by atoms with Gasteiger partial charge in [0.05, 0.1) is 19.8 Å². The number of fused-ring (bicyclic) bond motifs is 3. The number of hydrogen-bond donors (Lipinski definition) is 1. The van der Waals surface area contributed by atoms with E-state index in [-0.39, 0.29) is 6.61 Å². The van der Waals surface area contributed by atoms with Gasteiger partial charge in [-0.15, -0.1) is 0 Å². The smallest absolute Gasteiger partial charge is 0.231 e. The van der Waals surface area contributed by atoms with Crippen LogP contribution in [0.1, 0.15) is 24.3 Å². The number of hydrogen-bond acceptors (Lipinski definition) is 6. The number of piperidine rings is 3. The Morgan fingerprint density at radius 1 is 1.08 bits per heavy atom. The van der Waals surface area contributed by atoms with Gasteiger partial charge < -0.3 is 19.3 Å². The second kappa shape index (κ2) is 7.00. The van der Waals surface area contributed by atoms with Gasteiger partial charge >= 0.3 is 0 Å². The Morgan fingerprint density at radius 3 is 2.77 bits per heavy atom. The fourth-order valence-electron chi connectivity index (χ4n) is 5.58. The molecule has 0 radical (unpaired) electrons. The summed E-state index contributed by atoms with van der Waals surface area (Å²) in [6, 6.07) is 7.71. The first kappa shape index (κ1) is 16.8. The molecule has 26 heavy (non-hydrogen) atoms. The summed E-state index contributed by atoms with van der Waals surface area (Å²) in [5, 5.41) is 8.93. The number of benzene rings is 1. The zero-order valence-corrected chi connectivity index (χ0v) is 15.2. The lowest BCUT2D eigenvalue weighted by atomic mass is 9.75. The molecule has 0 unspecified atom stereocenters. The van der Waals surface area contributed by atoms with E-state index in [4.69, 9.17) is 19.3 Å². The Morgan fingerprint density at radius 2 is 1.92 bits per heavy atom. The van der Waals surface area contributed by atoms with Gasteiger partial charge in [0.25, 0.3) is 0 Å². The fraction of sp³-hybridized carbons (Fsp3) is 0.700. The predicted octanol–water partition coefficient (Wildman–Crippen LogP) is 1.29. The molecule has 142 valence electrons. The lowest BCUT2D eigenvalue weighted by Gasteiger charge is -2.51. The average Bonchev–Trinajstić information content (AvgIpc) is 3.31. The highest BCUT2D eigenvalue weighted by Gasteiger charge is 2.53. The van der Waals surface area contributed by atoms with Gasteiger partial charge in [0.1, 0.15) is 0 Å². The van der Waals surface area contributed by atoms with Crippen molar-refractivity contribution in [2.45, 2.75) is 30.8 Å². The summed E-state index contributed by atoms with van der Waals surface area (Å²) in [6.45, 7) is 6.06. The second-order valence-electron chi connectivity index (χ2n) is 7.90. The van der Waals surface area contributed by atoms with Crippen LogP contribution in [0.4, 0.5) is 0 Å². The minimum atomic E-state index is 0.0995. The van der Waals surface area contributed by atoms with Crippen molar-refractivity contribution < 1.29 is 19.3 Å². The number of nitrogens with zero attached hydrogens (tertiary/aromatic N) is 2. The molecule has 0 spiro atoms. The zero-order valence-electron chi connectivity index (χ0n) is 15.2. The van der Waals surface area contributed by atoms with Gasteiger partial charge in [-0.25, -0.2) is 0 Å². The van der Waals surface area contributed by atoms with Gasteiger partial charge in [0.2, 0.25) is 6.79 Å². The molecule has 0 aromatic heterocycles. The molecular weight excluding hydrogens is 332 g/mol. The lowest BCUT2D eigenvalue weighted by Crippen LogP contribution is -2.60. The van der Waals surface area contributed by atoms with Gasteiger partial charge in [0.15, 0.2) is 11.5 Å². The summed E-state index contributed by atoms with van der Waals surface area (Å²) in [5.74, 6) is 3.07. The molecule has 5 aliphatic rings. The monoisotopic (exact) mass is 360 g/mol. The normalized spacial score (nSPS) is 35.0. The third kappa shape index (κ3) is 2.80. The summed E-state index contributed by atoms with van der Waals surface area (Å²) in [4.78, 5) is 5.36. The molecule has 0 amide bonds. The first-order chi connectivity index (χ1) is 12.8. The maximum absolute atomic E-state index is 8.93. The Balaban J connectivity index is 1.39. The Hall–Kier alpha value is -1.34. The van der Waals surface area contributed by atoms with Crippen molar-refractivity contribution in [3.8, 4) is 11.5 Å². The quantitative estimate of drug-likeness (QED) is 0.772. The molecule has 1 aromatic carbocycles. The number of ether oxygens (including phenoxy) is 3. The molecule has 6 rings (SSSR count). The molecule has 0 aliphatic carbocycles. The van der Waals surface area contributed by atoms with E-state index in [1.165, 1.54) is 31.5 Å². The van der Waals surface area contributed by atoms with Crippen molar-refractivity contribution in [3.05, 3.63) is 23.8 Å². The van der Waals surface area contributed by atoms with E-state index in [0.29, 0.717) is 38.0 Å². The second-order valence-corrected chi connectivity index (χ2v) is 7.90. The minimum absolute atomic E-state index is 0.0995. The van der Waals surface area contributed by atoms with Crippen LogP contribution >= 0.6 is 0 Å². The molecule has 5 heterocycles. The van der Waals surface area contributed by atoms with Gasteiger partial charge in [-0.2, -0.15) is 0 Å². The Bertz CT molecular complexity index is 647. The average molecular weight is 360 g/mol. The first-order valence-electron chi connectivity index (χ1n) is 9.91. The SMILES string of the molecule is OCCOCCN1C[C@H](c2ccc3c(c2)OCO3)[C@@H]2[C@H]1C1CCN2CC1. The molecule has 4 saturated heterocycles. The van der Waals surface area contributed by atoms with E-state index in [0.717, 1.165) is 30.5 Å². The van der Waals surface area contributed by atoms with Crippen LogP contribution in [0.5, 0.6) is 11.5 Å². The topological polar surface area (TPSA) is 54.4 Å². The van der Waals surface area contributed by atoms with E-state index in [9.17, 15) is 0 Å². The van der Waals surface area contributed by atoms with Gasteiger partial charge in [-0.05, 0) is 49.5 Å². The third-order valence-corrected chi connectivity index (χ3v) is 6.68. The van der Waals surface area contributed by atoms with Crippen molar-refractivity contribution >= 4 is 0 Å². The molecule has 1 N–H and O–H groups in total. The summed E-state index contributed by atoms with van der Waals surface area (Å²) >= 11 is 0. The van der Waals surface area contributed by atoms with Crippen LogP contribution in [0.15, 0.2) is 18.2 Å². The van der Waals surface area contributed by atoms with E-state index >= 15 is 0 Å². The Labute approximate surface area is 154 Å². The van der Waals surface area contributed by atoms with Gasteiger partial charge in [-0.3, -0.25) is 9.80 Å². The van der Waals surface area contributed by atoms with E-state index in [2.05, 4.69) is 28.0 Å². The van der Waals surface area contributed by atoms with Crippen molar-refractivity contribution in [2.24, 2.45) is 5.92 Å². The van der Waals surface area contributed by atoms with Crippen LogP contribution in [-0.4, -0.2) is 79.8 Å². The van der Waals surface area contributed by atoms with Crippen LogP contribution < -0.4 is 9.47 Å². The van der Waals surface area contributed by atoms with Crippen molar-refractivity contribution in [3.63, 3.8) is 0 Å². The van der Waals surface area contributed by atoms with Gasteiger partial charge in [0, 0.05) is 31.1 Å². The van der Waals surface area contributed by atoms with E-state index in [1.807, 2.05) is 0 Å². The Kier molecular flexibility index (Phi) is 4.52. The number of likely N-dealkylation sites (tertiary alicyclic amines) is 1. The zero-order chi connectivity index (χ0) is 17.5. The molecule has 0 saturated carbocycles. The summed E-state index contributed by atoms with van der Waals surface area (Å²) in [6.07, 6.45) is 2.64.